The van der Waals surface area contributed by atoms with Gasteiger partial charge in [-0.15, -0.1) is 0 Å². The Hall–Kier alpha value is -4.85. The molecule has 0 heterocycles. The van der Waals surface area contributed by atoms with Gasteiger partial charge in [-0.25, -0.2) is 10.3 Å². The molecule has 19 heteroatoms. The maximum atomic E-state index is 13.7. The smallest absolute Gasteiger partial charge is 0.408 e. The minimum atomic E-state index is -1.11. The van der Waals surface area contributed by atoms with Crippen molar-refractivity contribution >= 4 is 41.8 Å². The molecule has 0 aliphatic rings. The van der Waals surface area contributed by atoms with Crippen LogP contribution in [0.1, 0.15) is 135 Å². The third kappa shape index (κ3) is 30.9. The minimum absolute atomic E-state index is 0.0217. The number of esters is 4. The van der Waals surface area contributed by atoms with Crippen molar-refractivity contribution in [3.05, 3.63) is 35.4 Å². The maximum absolute atomic E-state index is 13.7. The van der Waals surface area contributed by atoms with Crippen molar-refractivity contribution in [1.82, 2.24) is 31.2 Å². The van der Waals surface area contributed by atoms with Crippen LogP contribution < -0.4 is 21.4 Å². The third-order valence-corrected chi connectivity index (χ3v) is 8.33. The van der Waals surface area contributed by atoms with Crippen LogP contribution in [-0.4, -0.2) is 137 Å². The summed E-state index contributed by atoms with van der Waals surface area (Å²) >= 11 is 0. The van der Waals surface area contributed by atoms with Gasteiger partial charge in [-0.3, -0.25) is 48.7 Å². The molecule has 3 amide bonds. The highest BCUT2D eigenvalue weighted by Gasteiger charge is 2.31. The highest BCUT2D eigenvalue weighted by molar-refractivity contribution is 5.85. The summed E-state index contributed by atoms with van der Waals surface area (Å²) in [6, 6.07) is 5.14. The second-order valence-electron chi connectivity index (χ2n) is 21.8. The van der Waals surface area contributed by atoms with Gasteiger partial charge < -0.3 is 34.3 Å². The van der Waals surface area contributed by atoms with Crippen molar-refractivity contribution < 1.29 is 62.1 Å². The molecule has 1 rings (SSSR count). The zero-order valence-electron chi connectivity index (χ0n) is 43.3. The van der Waals surface area contributed by atoms with Gasteiger partial charge in [-0.05, 0) is 127 Å². The molecule has 1 aromatic carbocycles. The zero-order chi connectivity index (χ0) is 51.6. The molecule has 0 radical (unpaired) electrons. The second kappa shape index (κ2) is 26.6. The normalized spacial score (nSPS) is 13.4. The van der Waals surface area contributed by atoms with E-state index in [4.69, 9.17) is 28.5 Å². The lowest BCUT2D eigenvalue weighted by Gasteiger charge is -2.31. The fraction of sp³-hybridized carbons (Fsp3) is 0.729. The van der Waals surface area contributed by atoms with Crippen LogP contribution in [0, 0.1) is 5.92 Å². The highest BCUT2D eigenvalue weighted by atomic mass is 16.7. The van der Waals surface area contributed by atoms with Gasteiger partial charge in [-0.2, -0.15) is 0 Å². The number of nitrogens with zero attached hydrogens (tertiary/aromatic N) is 2. The number of nitrogens with one attached hydrogen (secondary N) is 4. The van der Waals surface area contributed by atoms with Gasteiger partial charge in [0.15, 0.2) is 0 Å². The van der Waals surface area contributed by atoms with Crippen LogP contribution in [0.2, 0.25) is 0 Å². The van der Waals surface area contributed by atoms with E-state index >= 15 is 0 Å². The summed E-state index contributed by atoms with van der Waals surface area (Å²) in [6.45, 7) is 28.8. The van der Waals surface area contributed by atoms with Gasteiger partial charge in [-0.1, -0.05) is 38.1 Å². The summed E-state index contributed by atoms with van der Waals surface area (Å²) in [5.41, 5.74) is -0.0837. The molecule has 1 aromatic rings. The molecule has 0 aromatic heterocycles. The number of amides is 3. The molecule has 0 aliphatic carbocycles. The summed E-state index contributed by atoms with van der Waals surface area (Å²) in [5.74, 6) is -3.25. The molecule has 382 valence electrons. The van der Waals surface area contributed by atoms with Crippen molar-refractivity contribution in [2.75, 3.05) is 45.8 Å². The molecule has 19 nitrogen and oxygen atoms in total. The average Bonchev–Trinajstić information content (AvgIpc) is 3.10. The van der Waals surface area contributed by atoms with Crippen molar-refractivity contribution in [2.24, 2.45) is 5.92 Å². The molecule has 0 saturated heterocycles. The van der Waals surface area contributed by atoms with Crippen LogP contribution in [0.5, 0.6) is 0 Å². The summed E-state index contributed by atoms with van der Waals surface area (Å²) in [7, 11) is 0. The number of hydroxylamine groups is 1. The molecule has 0 saturated carbocycles. The first kappa shape index (κ1) is 60.2. The molecule has 0 spiro atoms. The van der Waals surface area contributed by atoms with Crippen molar-refractivity contribution in [2.45, 2.75) is 177 Å². The van der Waals surface area contributed by atoms with Crippen LogP contribution in [0.3, 0.4) is 0 Å². The van der Waals surface area contributed by atoms with E-state index < -0.39 is 81.9 Å². The Bertz CT molecular complexity index is 1740. The molecule has 0 aliphatic heterocycles. The van der Waals surface area contributed by atoms with Gasteiger partial charge >= 0.3 is 30.0 Å². The fourth-order valence-corrected chi connectivity index (χ4v) is 5.91. The second-order valence-corrected chi connectivity index (χ2v) is 21.8. The Morgan fingerprint density at radius 1 is 0.567 bits per heavy atom. The van der Waals surface area contributed by atoms with E-state index in [2.05, 4.69) is 21.4 Å². The minimum Gasteiger partial charge on any atom is -0.459 e. The molecule has 2 atom stereocenters. The Morgan fingerprint density at radius 2 is 1.03 bits per heavy atom. The van der Waals surface area contributed by atoms with Crippen LogP contribution in [0.15, 0.2) is 24.3 Å². The predicted octanol–water partition coefficient (Wildman–Crippen LogP) is 4.72. The van der Waals surface area contributed by atoms with Crippen molar-refractivity contribution in [3.8, 4) is 0 Å². The number of carbonyl (C=O) groups is 7. The summed E-state index contributed by atoms with van der Waals surface area (Å²) < 4.78 is 27.5. The largest absolute Gasteiger partial charge is 0.459 e. The number of benzene rings is 1. The van der Waals surface area contributed by atoms with Crippen molar-refractivity contribution in [3.63, 3.8) is 0 Å². The Morgan fingerprint density at radius 3 is 1.51 bits per heavy atom. The van der Waals surface area contributed by atoms with Crippen LogP contribution >= 0.6 is 0 Å². The number of ether oxygens (including phenoxy) is 5. The lowest BCUT2D eigenvalue weighted by Crippen LogP contribution is -2.53. The topological polar surface area (TPSA) is 229 Å². The zero-order valence-corrected chi connectivity index (χ0v) is 43.3. The van der Waals surface area contributed by atoms with Gasteiger partial charge in [0.25, 0.3) is 5.91 Å². The number of hydrogen-bond donors (Lipinski definition) is 4. The molecular formula is C48H82N6O13. The van der Waals surface area contributed by atoms with Gasteiger partial charge in [0.1, 0.15) is 40.1 Å². The summed E-state index contributed by atoms with van der Waals surface area (Å²) in [6.07, 6.45) is -0.346. The van der Waals surface area contributed by atoms with Gasteiger partial charge in [0, 0.05) is 26.2 Å². The molecule has 67 heavy (non-hydrogen) atoms. The fourth-order valence-electron chi connectivity index (χ4n) is 5.91. The Kier molecular flexibility index (Phi) is 23.9. The van der Waals surface area contributed by atoms with Crippen LogP contribution in [0.25, 0.3) is 0 Å². The average molecular weight is 951 g/mol. The van der Waals surface area contributed by atoms with E-state index in [1.54, 1.807) is 138 Å². The van der Waals surface area contributed by atoms with E-state index in [1.807, 2.05) is 13.8 Å². The molecule has 1 unspecified atom stereocenters. The van der Waals surface area contributed by atoms with E-state index in [-0.39, 0.29) is 64.9 Å². The third-order valence-electron chi connectivity index (χ3n) is 8.33. The van der Waals surface area contributed by atoms with Gasteiger partial charge in [0.05, 0.1) is 32.8 Å². The van der Waals surface area contributed by atoms with E-state index in [9.17, 15) is 33.6 Å². The number of carbonyl (C=O) groups excluding carboxylic acids is 7. The number of hydrogen-bond acceptors (Lipinski definition) is 16. The van der Waals surface area contributed by atoms with Gasteiger partial charge in [0.2, 0.25) is 5.91 Å². The molecule has 4 N–H and O–H groups in total. The molecular weight excluding hydrogens is 869 g/mol. The quantitative estimate of drug-likeness (QED) is 0.0624. The number of rotatable bonds is 24. The predicted molar refractivity (Wildman–Crippen MR) is 252 cm³/mol. The first-order chi connectivity index (χ1) is 30.5. The first-order valence-electron chi connectivity index (χ1n) is 22.8. The summed E-state index contributed by atoms with van der Waals surface area (Å²) in [5, 5.41) is 8.45. The summed E-state index contributed by atoms with van der Waals surface area (Å²) in [4.78, 5) is 100.0. The number of alkyl carbamates (subject to hydrolysis) is 1. The SMILES string of the molecule is CC(C)C[C@@H](NC(=O)OC(C)(C)C)C(=O)NOCc1ccc(CNC(=O)CN(CCN(CC(=O)OC(C)(C)C)CC(=O)OC(C)(C)C)CC(NCC(=O)OC(C)(C)C)C(=O)OC(C)(C)C)cc1. The lowest BCUT2D eigenvalue weighted by molar-refractivity contribution is -0.161. The van der Waals surface area contributed by atoms with E-state index in [0.29, 0.717) is 6.42 Å². The van der Waals surface area contributed by atoms with Crippen LogP contribution in [0.4, 0.5) is 4.79 Å². The Balaban J connectivity index is 3.25. The van der Waals surface area contributed by atoms with Crippen LogP contribution in [-0.2, 0) is 70.4 Å². The van der Waals surface area contributed by atoms with Crippen molar-refractivity contribution in [1.29, 1.82) is 0 Å². The van der Waals surface area contributed by atoms with E-state index in [0.717, 1.165) is 11.1 Å². The monoisotopic (exact) mass is 951 g/mol. The Labute approximate surface area is 398 Å². The van der Waals surface area contributed by atoms with E-state index in [1.165, 1.54) is 0 Å². The standard InChI is InChI=1S/C48H82N6O13/c1-32(2)24-35(51-43(61)67-48(15,16)17)41(59)52-62-31-34-20-18-33(19-21-34)25-50-37(55)28-53(27-36(42(60)66-47(12,13)14)49-26-38(56)63-44(3,4)5)22-23-54(29-39(57)64-45(6,7)8)30-40(58)65-46(9,10)11/h18-21,32,35-36,49H,22-31H2,1-17H3,(H,50,55)(H,51,61)(H,52,59)/t35-,36?/m1/s1. The molecule has 0 fully saturated rings. The first-order valence-corrected chi connectivity index (χ1v) is 22.8. The lowest BCUT2D eigenvalue weighted by atomic mass is 10.0. The maximum Gasteiger partial charge on any atom is 0.408 e. The highest BCUT2D eigenvalue weighted by Crippen LogP contribution is 2.14. The molecule has 0 bridgehead atoms.